The Balaban J connectivity index is 1.74. The Bertz CT molecular complexity index is 547. The number of aliphatic imine (C=N–C) groups is 2. The third-order valence-corrected chi connectivity index (χ3v) is 2.73. The molecule has 19 heavy (non-hydrogen) atoms. The van der Waals surface area contributed by atoms with Gasteiger partial charge >= 0.3 is 0 Å². The maximum absolute atomic E-state index is 4.51. The monoisotopic (exact) mass is 250 g/mol. The Morgan fingerprint density at radius 3 is 1.47 bits per heavy atom. The minimum absolute atomic E-state index is 0.684. The molecule has 0 bridgehead atoms. The highest BCUT2D eigenvalue weighted by atomic mass is 15.4. The van der Waals surface area contributed by atoms with Gasteiger partial charge in [-0.05, 0) is 24.3 Å². The minimum Gasteiger partial charge on any atom is -0.286 e. The van der Waals surface area contributed by atoms with Crippen molar-refractivity contribution in [3.63, 3.8) is 0 Å². The number of hydrogen-bond acceptors (Lipinski definition) is 2. The predicted molar refractivity (Wildman–Crippen MR) is 78.0 cm³/mol. The molecule has 0 unspecified atom stereocenters. The fourth-order valence-corrected chi connectivity index (χ4v) is 1.84. The molecule has 1 aliphatic heterocycles. The van der Waals surface area contributed by atoms with Crippen LogP contribution in [0.5, 0.6) is 0 Å². The van der Waals surface area contributed by atoms with Crippen molar-refractivity contribution in [3.8, 4) is 0 Å². The van der Waals surface area contributed by atoms with Gasteiger partial charge < -0.3 is 0 Å². The fraction of sp³-hybridized carbons (Fsp3) is 0.0667. The zero-order valence-electron chi connectivity index (χ0n) is 10.4. The molecule has 4 heteroatoms. The smallest absolute Gasteiger partial charge is 0.128 e. The van der Waals surface area contributed by atoms with Crippen LogP contribution in [0.1, 0.15) is 6.42 Å². The molecular formula is C15H14N4. The Morgan fingerprint density at radius 2 is 1.05 bits per heavy atom. The molecule has 94 valence electrons. The molecule has 3 rings (SSSR count). The van der Waals surface area contributed by atoms with Gasteiger partial charge in [0, 0.05) is 0 Å². The van der Waals surface area contributed by atoms with Gasteiger partial charge in [-0.25, -0.2) is 9.98 Å². The van der Waals surface area contributed by atoms with Crippen molar-refractivity contribution in [1.82, 2.24) is 10.9 Å². The Labute approximate surface area is 111 Å². The molecule has 2 aromatic rings. The first-order valence-electron chi connectivity index (χ1n) is 6.17. The largest absolute Gasteiger partial charge is 0.286 e. The molecule has 0 aliphatic carbocycles. The number of amidine groups is 2. The van der Waals surface area contributed by atoms with Gasteiger partial charge in [-0.15, -0.1) is 0 Å². The predicted octanol–water partition coefficient (Wildman–Crippen LogP) is 2.94. The number of rotatable bonds is 2. The number of benzene rings is 2. The van der Waals surface area contributed by atoms with E-state index in [-0.39, 0.29) is 0 Å². The second kappa shape index (κ2) is 5.35. The number of hydrogen-bond donors (Lipinski definition) is 2. The van der Waals surface area contributed by atoms with Crippen LogP contribution >= 0.6 is 0 Å². The van der Waals surface area contributed by atoms with Crippen LogP contribution < -0.4 is 10.9 Å². The molecule has 1 aliphatic rings. The second-order valence-electron chi connectivity index (χ2n) is 4.21. The summed E-state index contributed by atoms with van der Waals surface area (Å²) in [5.41, 5.74) is 7.96. The molecule has 0 spiro atoms. The van der Waals surface area contributed by atoms with Gasteiger partial charge in [0.25, 0.3) is 0 Å². The van der Waals surface area contributed by atoms with E-state index in [9.17, 15) is 0 Å². The van der Waals surface area contributed by atoms with Crippen LogP contribution in [-0.4, -0.2) is 11.7 Å². The summed E-state index contributed by atoms with van der Waals surface area (Å²) in [6, 6.07) is 19.7. The van der Waals surface area contributed by atoms with E-state index in [2.05, 4.69) is 20.8 Å². The van der Waals surface area contributed by atoms with Gasteiger partial charge in [0.2, 0.25) is 0 Å². The van der Waals surface area contributed by atoms with Crippen LogP contribution in [0.25, 0.3) is 0 Å². The summed E-state index contributed by atoms with van der Waals surface area (Å²) in [4.78, 5) is 9.02. The number of nitrogens with zero attached hydrogens (tertiary/aromatic N) is 2. The van der Waals surface area contributed by atoms with Crippen LogP contribution in [0, 0.1) is 0 Å². The van der Waals surface area contributed by atoms with Crippen molar-refractivity contribution in [1.29, 1.82) is 0 Å². The summed E-state index contributed by atoms with van der Waals surface area (Å²) in [5.74, 6) is 1.75. The molecular weight excluding hydrogens is 236 g/mol. The topological polar surface area (TPSA) is 48.8 Å². The zero-order valence-corrected chi connectivity index (χ0v) is 10.4. The third-order valence-electron chi connectivity index (χ3n) is 2.73. The first-order valence-corrected chi connectivity index (χ1v) is 6.17. The van der Waals surface area contributed by atoms with Crippen LogP contribution in [0.4, 0.5) is 11.4 Å². The normalized spacial score (nSPS) is 18.3. The van der Waals surface area contributed by atoms with Gasteiger partial charge in [0.05, 0.1) is 17.8 Å². The van der Waals surface area contributed by atoms with Crippen molar-refractivity contribution < 1.29 is 0 Å². The van der Waals surface area contributed by atoms with Crippen LogP contribution in [0.3, 0.4) is 0 Å². The van der Waals surface area contributed by atoms with Crippen molar-refractivity contribution in [3.05, 3.63) is 60.7 Å². The van der Waals surface area contributed by atoms with E-state index in [1.165, 1.54) is 0 Å². The molecule has 0 atom stereocenters. The molecule has 4 nitrogen and oxygen atoms in total. The summed E-state index contributed by atoms with van der Waals surface area (Å²) in [6.45, 7) is 0. The number of hydrazine groups is 1. The SMILES string of the molecule is c1ccc(N=C2CC(=Nc3ccccc3)NN2)cc1. The van der Waals surface area contributed by atoms with E-state index in [0.29, 0.717) is 6.42 Å². The highest BCUT2D eigenvalue weighted by Crippen LogP contribution is 2.14. The van der Waals surface area contributed by atoms with E-state index in [0.717, 1.165) is 23.0 Å². The molecule has 2 aromatic carbocycles. The molecule has 0 amide bonds. The van der Waals surface area contributed by atoms with Crippen LogP contribution in [0.15, 0.2) is 70.6 Å². The summed E-state index contributed by atoms with van der Waals surface area (Å²) in [7, 11) is 0. The van der Waals surface area contributed by atoms with Gasteiger partial charge in [-0.1, -0.05) is 36.4 Å². The first kappa shape index (κ1) is 11.5. The lowest BCUT2D eigenvalue weighted by molar-refractivity contribution is 0.901. The Hall–Kier alpha value is -2.62. The molecule has 0 radical (unpaired) electrons. The maximum atomic E-state index is 4.51. The third kappa shape index (κ3) is 2.98. The summed E-state index contributed by atoms with van der Waals surface area (Å²) in [6.07, 6.45) is 0.684. The highest BCUT2D eigenvalue weighted by Gasteiger charge is 2.13. The van der Waals surface area contributed by atoms with E-state index < -0.39 is 0 Å². The quantitative estimate of drug-likeness (QED) is 0.861. The molecule has 1 saturated heterocycles. The maximum Gasteiger partial charge on any atom is 0.128 e. The van der Waals surface area contributed by atoms with Crippen LogP contribution in [-0.2, 0) is 0 Å². The fourth-order valence-electron chi connectivity index (χ4n) is 1.84. The summed E-state index contributed by atoms with van der Waals surface area (Å²) >= 11 is 0. The van der Waals surface area contributed by atoms with Gasteiger partial charge in [-0.2, -0.15) is 0 Å². The first-order chi connectivity index (χ1) is 9.40. The molecule has 1 fully saturated rings. The molecule has 0 aromatic heterocycles. The lowest BCUT2D eigenvalue weighted by Crippen LogP contribution is -2.28. The zero-order chi connectivity index (χ0) is 12.9. The average Bonchev–Trinajstić information content (AvgIpc) is 2.88. The van der Waals surface area contributed by atoms with Crippen molar-refractivity contribution in [2.75, 3.05) is 0 Å². The standard InChI is InChI=1S/C15H14N4/c1-3-7-12(8-4-1)16-14-11-15(19-18-14)17-13-9-5-2-6-10-13/h1-10H,11H2,(H,16,18)(H,17,19). The number of para-hydroxylation sites is 2. The Kier molecular flexibility index (Phi) is 3.23. The van der Waals surface area contributed by atoms with Crippen LogP contribution in [0.2, 0.25) is 0 Å². The Morgan fingerprint density at radius 1 is 0.632 bits per heavy atom. The average molecular weight is 250 g/mol. The number of nitrogens with one attached hydrogen (secondary N) is 2. The summed E-state index contributed by atoms with van der Waals surface area (Å²) in [5, 5.41) is 0. The van der Waals surface area contributed by atoms with Crippen molar-refractivity contribution in [2.45, 2.75) is 6.42 Å². The van der Waals surface area contributed by atoms with E-state index in [4.69, 9.17) is 0 Å². The van der Waals surface area contributed by atoms with Gasteiger partial charge in [-0.3, -0.25) is 10.9 Å². The lowest BCUT2D eigenvalue weighted by atomic mass is 10.3. The van der Waals surface area contributed by atoms with E-state index in [1.807, 2.05) is 60.7 Å². The summed E-state index contributed by atoms with van der Waals surface area (Å²) < 4.78 is 0. The molecule has 0 saturated carbocycles. The van der Waals surface area contributed by atoms with E-state index in [1.54, 1.807) is 0 Å². The second-order valence-corrected chi connectivity index (χ2v) is 4.21. The van der Waals surface area contributed by atoms with Crippen molar-refractivity contribution in [2.24, 2.45) is 9.98 Å². The lowest BCUT2D eigenvalue weighted by Gasteiger charge is -1.97. The highest BCUT2D eigenvalue weighted by molar-refractivity contribution is 6.08. The minimum atomic E-state index is 0.684. The van der Waals surface area contributed by atoms with E-state index >= 15 is 0 Å². The molecule has 2 N–H and O–H groups in total. The van der Waals surface area contributed by atoms with Crippen molar-refractivity contribution >= 4 is 23.0 Å². The van der Waals surface area contributed by atoms with Gasteiger partial charge in [0.1, 0.15) is 11.7 Å². The van der Waals surface area contributed by atoms with Gasteiger partial charge in [0.15, 0.2) is 0 Å². The molecule has 1 heterocycles.